The third-order valence-corrected chi connectivity index (χ3v) is 3.80. The lowest BCUT2D eigenvalue weighted by atomic mass is 10.3. The lowest BCUT2D eigenvalue weighted by Gasteiger charge is -2.33. The summed E-state index contributed by atoms with van der Waals surface area (Å²) in [6, 6.07) is 0. The van der Waals surface area contributed by atoms with Crippen LogP contribution in [0, 0.1) is 6.92 Å². The highest BCUT2D eigenvalue weighted by Crippen LogP contribution is 2.19. The molecule has 6 nitrogen and oxygen atoms in total. The minimum Gasteiger partial charge on any atom is -0.385 e. The molecule has 0 saturated carbocycles. The average Bonchev–Trinajstić information content (AvgIpc) is 2.75. The lowest BCUT2D eigenvalue weighted by Crippen LogP contribution is -2.45. The van der Waals surface area contributed by atoms with Crippen molar-refractivity contribution in [3.05, 3.63) is 23.0 Å². The largest absolute Gasteiger partial charge is 0.385 e. The Balaban J connectivity index is 2.01. The van der Waals surface area contributed by atoms with Crippen molar-refractivity contribution < 1.29 is 0 Å². The molecule has 104 valence electrons. The normalized spacial score (nSPS) is 18.9. The van der Waals surface area contributed by atoms with Gasteiger partial charge in [-0.3, -0.25) is 0 Å². The van der Waals surface area contributed by atoms with Crippen molar-refractivity contribution >= 4 is 22.3 Å². The Hall–Kier alpha value is -1.60. The van der Waals surface area contributed by atoms with Crippen LogP contribution in [0.1, 0.15) is 4.88 Å². The van der Waals surface area contributed by atoms with E-state index in [1.165, 1.54) is 11.3 Å². The van der Waals surface area contributed by atoms with Gasteiger partial charge in [0.05, 0.1) is 0 Å². The zero-order chi connectivity index (χ0) is 13.8. The lowest BCUT2D eigenvalue weighted by molar-refractivity contribution is 0.185. The van der Waals surface area contributed by atoms with Gasteiger partial charge in [0, 0.05) is 43.3 Å². The molecule has 0 spiro atoms. The Bertz CT molecular complexity index is 484. The van der Waals surface area contributed by atoms with E-state index in [-0.39, 0.29) is 0 Å². The molecular weight excluding hydrogens is 260 g/mol. The molecular formula is C12H20N6S. The predicted octanol–water partition coefficient (Wildman–Crippen LogP) is 0.488. The van der Waals surface area contributed by atoms with E-state index in [0.717, 1.165) is 31.1 Å². The molecule has 4 N–H and O–H groups in total. The Morgan fingerprint density at radius 1 is 1.37 bits per heavy atom. The molecule has 1 fully saturated rings. The monoisotopic (exact) mass is 280 g/mol. The summed E-state index contributed by atoms with van der Waals surface area (Å²) in [5.41, 5.74) is 11.9. The number of amidine groups is 1. The summed E-state index contributed by atoms with van der Waals surface area (Å²) < 4.78 is 0. The first-order valence-electron chi connectivity index (χ1n) is 6.22. The summed E-state index contributed by atoms with van der Waals surface area (Å²) in [5, 5.41) is 0.664. The van der Waals surface area contributed by atoms with Gasteiger partial charge in [-0.15, -0.1) is 11.3 Å². The molecule has 1 saturated heterocycles. The third kappa shape index (κ3) is 3.93. The molecule has 1 aromatic heterocycles. The standard InChI is InChI=1S/C12H20N6S/c1-9-8-15-12(19-9)16-10(13)7-11(14)18-5-3-17(2)4-6-18/h7-8H,3-6,14H2,1-2H3,(H2,13,15,16). The molecule has 0 radical (unpaired) electrons. The first-order chi connectivity index (χ1) is 9.04. The summed E-state index contributed by atoms with van der Waals surface area (Å²) in [6.07, 6.45) is 3.49. The molecule has 0 aromatic carbocycles. The number of hydrogen-bond donors (Lipinski definition) is 2. The summed E-state index contributed by atoms with van der Waals surface area (Å²) in [7, 11) is 2.11. The molecule has 2 heterocycles. The summed E-state index contributed by atoms with van der Waals surface area (Å²) in [6.45, 7) is 5.85. The topological polar surface area (TPSA) is 83.8 Å². The highest BCUT2D eigenvalue weighted by Gasteiger charge is 2.14. The number of nitrogens with two attached hydrogens (primary N) is 2. The van der Waals surface area contributed by atoms with Crippen LogP contribution in [0.4, 0.5) is 5.13 Å². The molecule has 1 aliphatic heterocycles. The van der Waals surface area contributed by atoms with E-state index in [2.05, 4.69) is 26.8 Å². The molecule has 0 amide bonds. The Kier molecular flexibility index (Phi) is 4.39. The van der Waals surface area contributed by atoms with Crippen LogP contribution in [0.2, 0.25) is 0 Å². The molecule has 0 bridgehead atoms. The van der Waals surface area contributed by atoms with E-state index in [0.29, 0.717) is 16.8 Å². The number of thiazole rings is 1. The van der Waals surface area contributed by atoms with E-state index in [1.807, 2.05) is 6.92 Å². The Morgan fingerprint density at radius 2 is 2.05 bits per heavy atom. The van der Waals surface area contributed by atoms with Crippen molar-refractivity contribution in [1.82, 2.24) is 14.8 Å². The summed E-state index contributed by atoms with van der Waals surface area (Å²) in [5.74, 6) is 1.06. The van der Waals surface area contributed by atoms with Crippen LogP contribution in [0.5, 0.6) is 0 Å². The predicted molar refractivity (Wildman–Crippen MR) is 79.5 cm³/mol. The van der Waals surface area contributed by atoms with Crippen molar-refractivity contribution in [2.45, 2.75) is 6.92 Å². The summed E-state index contributed by atoms with van der Waals surface area (Å²) >= 11 is 1.51. The zero-order valence-corrected chi connectivity index (χ0v) is 12.2. The fourth-order valence-corrected chi connectivity index (χ4v) is 2.49. The van der Waals surface area contributed by atoms with Crippen LogP contribution in [0.25, 0.3) is 0 Å². The second-order valence-electron chi connectivity index (χ2n) is 4.65. The van der Waals surface area contributed by atoms with E-state index in [4.69, 9.17) is 11.5 Å². The van der Waals surface area contributed by atoms with Crippen LogP contribution in [-0.2, 0) is 0 Å². The van der Waals surface area contributed by atoms with Gasteiger partial charge in [0.1, 0.15) is 11.7 Å². The Labute approximate surface area is 117 Å². The van der Waals surface area contributed by atoms with Crippen molar-refractivity contribution in [3.63, 3.8) is 0 Å². The minimum absolute atomic E-state index is 0.394. The van der Waals surface area contributed by atoms with Gasteiger partial charge in [0.15, 0.2) is 0 Å². The molecule has 7 heteroatoms. The molecule has 19 heavy (non-hydrogen) atoms. The van der Waals surface area contributed by atoms with Gasteiger partial charge in [0.2, 0.25) is 5.13 Å². The van der Waals surface area contributed by atoms with Crippen molar-refractivity contribution in [1.29, 1.82) is 0 Å². The van der Waals surface area contributed by atoms with Gasteiger partial charge in [-0.1, -0.05) is 0 Å². The quantitative estimate of drug-likeness (QED) is 0.622. The van der Waals surface area contributed by atoms with E-state index in [1.54, 1.807) is 12.3 Å². The van der Waals surface area contributed by atoms with Gasteiger partial charge in [0.25, 0.3) is 0 Å². The Morgan fingerprint density at radius 3 is 2.63 bits per heavy atom. The zero-order valence-electron chi connectivity index (χ0n) is 11.3. The maximum Gasteiger partial charge on any atom is 0.211 e. The average molecular weight is 280 g/mol. The maximum atomic E-state index is 6.04. The number of rotatable bonds is 3. The molecule has 0 atom stereocenters. The van der Waals surface area contributed by atoms with Gasteiger partial charge < -0.3 is 21.3 Å². The second kappa shape index (κ2) is 6.03. The number of aliphatic imine (C=N–C) groups is 1. The van der Waals surface area contributed by atoms with Crippen molar-refractivity contribution in [3.8, 4) is 0 Å². The van der Waals surface area contributed by atoms with E-state index < -0.39 is 0 Å². The molecule has 0 aliphatic carbocycles. The fourth-order valence-electron chi connectivity index (χ4n) is 1.84. The number of aryl methyl sites for hydroxylation is 1. The van der Waals surface area contributed by atoms with Gasteiger partial charge in [-0.25, -0.2) is 9.98 Å². The van der Waals surface area contributed by atoms with Crippen LogP contribution in [0.3, 0.4) is 0 Å². The maximum absolute atomic E-state index is 6.04. The number of hydrogen-bond acceptors (Lipinski definition) is 6. The van der Waals surface area contributed by atoms with E-state index >= 15 is 0 Å². The first-order valence-corrected chi connectivity index (χ1v) is 7.03. The van der Waals surface area contributed by atoms with Crippen LogP contribution in [0.15, 0.2) is 23.1 Å². The third-order valence-electron chi connectivity index (χ3n) is 3.00. The molecule has 0 unspecified atom stereocenters. The number of nitrogens with zero attached hydrogens (tertiary/aromatic N) is 4. The molecule has 2 rings (SSSR count). The SMILES string of the molecule is Cc1cnc(N=C(N)C=C(N)N2CCN(C)CC2)s1. The summed E-state index contributed by atoms with van der Waals surface area (Å²) in [4.78, 5) is 13.9. The highest BCUT2D eigenvalue weighted by atomic mass is 32.1. The number of aromatic nitrogens is 1. The number of likely N-dealkylation sites (N-methyl/N-ethyl adjacent to an activating group) is 1. The van der Waals surface area contributed by atoms with Crippen LogP contribution < -0.4 is 11.5 Å². The molecule has 1 aliphatic rings. The van der Waals surface area contributed by atoms with Crippen LogP contribution >= 0.6 is 11.3 Å². The van der Waals surface area contributed by atoms with Crippen LogP contribution in [-0.4, -0.2) is 53.8 Å². The first kappa shape index (κ1) is 13.8. The minimum atomic E-state index is 0.394. The fraction of sp³-hybridized carbons (Fsp3) is 0.500. The van der Waals surface area contributed by atoms with Gasteiger partial charge in [-0.2, -0.15) is 0 Å². The van der Waals surface area contributed by atoms with Gasteiger partial charge >= 0.3 is 0 Å². The molecule has 1 aromatic rings. The smallest absolute Gasteiger partial charge is 0.211 e. The van der Waals surface area contributed by atoms with E-state index in [9.17, 15) is 0 Å². The second-order valence-corrected chi connectivity index (χ2v) is 5.86. The number of piperazine rings is 1. The van der Waals surface area contributed by atoms with Gasteiger partial charge in [-0.05, 0) is 14.0 Å². The highest BCUT2D eigenvalue weighted by molar-refractivity contribution is 7.15. The van der Waals surface area contributed by atoms with Crippen molar-refractivity contribution in [2.24, 2.45) is 16.5 Å². The van der Waals surface area contributed by atoms with Crippen molar-refractivity contribution in [2.75, 3.05) is 33.2 Å².